The van der Waals surface area contributed by atoms with E-state index in [4.69, 9.17) is 6.92 Å². The average molecular weight is 111 g/mol. The molecular formula is C6H9NO. The Hall–Kier alpha value is -0.370. The molecule has 1 atom stereocenters. The van der Waals surface area contributed by atoms with E-state index in [0.29, 0.717) is 0 Å². The van der Waals surface area contributed by atoms with Crippen LogP contribution in [0.25, 0.3) is 0 Å². The fraction of sp³-hybridized carbons (Fsp3) is 0.667. The van der Waals surface area contributed by atoms with E-state index in [1.54, 1.807) is 0 Å². The summed E-state index contributed by atoms with van der Waals surface area (Å²) in [6.07, 6.45) is 1.99. The molecule has 1 aliphatic rings. The zero-order chi connectivity index (χ0) is 5.98. The van der Waals surface area contributed by atoms with E-state index in [0.717, 1.165) is 19.4 Å². The second-order valence-corrected chi connectivity index (χ2v) is 2.05. The normalized spacial score (nSPS) is 28.4. The quantitative estimate of drug-likeness (QED) is 0.516. The number of carbonyl (C=O) groups excluding carboxylic acids is 1. The number of hydrogen-bond acceptors (Lipinski definition) is 2. The van der Waals surface area contributed by atoms with Crippen molar-refractivity contribution in [2.45, 2.75) is 18.9 Å². The van der Waals surface area contributed by atoms with Crippen molar-refractivity contribution in [1.29, 1.82) is 0 Å². The lowest BCUT2D eigenvalue weighted by Gasteiger charge is -2.01. The summed E-state index contributed by atoms with van der Waals surface area (Å²) in [6.45, 7) is 5.93. The average Bonchev–Trinajstić information content (AvgIpc) is 2.12. The number of rotatable bonds is 1. The van der Waals surface area contributed by atoms with Gasteiger partial charge in [-0.05, 0) is 19.4 Å². The Balaban J connectivity index is 2.35. The van der Waals surface area contributed by atoms with Crippen LogP contribution in [0.3, 0.4) is 0 Å². The van der Waals surface area contributed by atoms with Gasteiger partial charge in [-0.2, -0.15) is 0 Å². The van der Waals surface area contributed by atoms with E-state index in [1.807, 2.05) is 0 Å². The van der Waals surface area contributed by atoms with E-state index in [2.05, 4.69) is 5.32 Å². The zero-order valence-electron chi connectivity index (χ0n) is 4.68. The van der Waals surface area contributed by atoms with E-state index in [-0.39, 0.29) is 11.8 Å². The number of ketones is 1. The molecule has 0 saturated carbocycles. The van der Waals surface area contributed by atoms with E-state index in [9.17, 15) is 4.79 Å². The Morgan fingerprint density at radius 3 is 2.75 bits per heavy atom. The first-order valence-corrected chi connectivity index (χ1v) is 2.83. The highest BCUT2D eigenvalue weighted by Gasteiger charge is 2.17. The molecule has 0 unspecified atom stereocenters. The van der Waals surface area contributed by atoms with Gasteiger partial charge in [-0.15, -0.1) is 0 Å². The van der Waals surface area contributed by atoms with Crippen molar-refractivity contribution in [1.82, 2.24) is 5.32 Å². The van der Waals surface area contributed by atoms with Gasteiger partial charge in [-0.3, -0.25) is 4.79 Å². The van der Waals surface area contributed by atoms with Gasteiger partial charge in [0, 0.05) is 6.92 Å². The summed E-state index contributed by atoms with van der Waals surface area (Å²) >= 11 is 0. The Bertz CT molecular complexity index is 94.7. The largest absolute Gasteiger partial charge is 0.307 e. The molecule has 2 heteroatoms. The summed E-state index contributed by atoms with van der Waals surface area (Å²) in [6, 6.07) is -0.0463. The van der Waals surface area contributed by atoms with Crippen LogP contribution >= 0.6 is 0 Å². The van der Waals surface area contributed by atoms with Crippen molar-refractivity contribution >= 4 is 5.78 Å². The van der Waals surface area contributed by atoms with Gasteiger partial charge in [0.05, 0.1) is 6.04 Å². The van der Waals surface area contributed by atoms with Crippen molar-refractivity contribution in [3.8, 4) is 0 Å². The molecule has 0 aromatic heterocycles. The molecule has 1 rings (SSSR count). The Morgan fingerprint density at radius 2 is 2.50 bits per heavy atom. The van der Waals surface area contributed by atoms with Crippen LogP contribution in [0.1, 0.15) is 12.8 Å². The molecule has 8 heavy (non-hydrogen) atoms. The van der Waals surface area contributed by atoms with E-state index in [1.165, 1.54) is 0 Å². The Kier molecular flexibility index (Phi) is 1.63. The standard InChI is InChI=1S/C6H9NO/c1-5(8)6-3-2-4-7-6/h1,6-7H,2-4H2/t6-/m1/s1. The van der Waals surface area contributed by atoms with Crippen molar-refractivity contribution < 1.29 is 4.79 Å². The minimum absolute atomic E-state index is 0.0463. The van der Waals surface area contributed by atoms with Crippen LogP contribution in [0.5, 0.6) is 0 Å². The van der Waals surface area contributed by atoms with Crippen LogP contribution in [-0.2, 0) is 4.79 Å². The third-order valence-corrected chi connectivity index (χ3v) is 1.40. The van der Waals surface area contributed by atoms with Gasteiger partial charge in [-0.1, -0.05) is 0 Å². The Labute approximate surface area is 49.3 Å². The monoisotopic (exact) mass is 111 g/mol. The van der Waals surface area contributed by atoms with Gasteiger partial charge in [0.25, 0.3) is 0 Å². The number of nitrogens with one attached hydrogen (secondary N) is 1. The topological polar surface area (TPSA) is 29.1 Å². The summed E-state index contributed by atoms with van der Waals surface area (Å²) in [4.78, 5) is 10.4. The second-order valence-electron chi connectivity index (χ2n) is 2.05. The first-order chi connectivity index (χ1) is 3.80. The second kappa shape index (κ2) is 2.27. The highest BCUT2D eigenvalue weighted by atomic mass is 16.1. The van der Waals surface area contributed by atoms with Crippen LogP contribution in [0.4, 0.5) is 0 Å². The number of hydrogen-bond donors (Lipinski definition) is 1. The van der Waals surface area contributed by atoms with Crippen molar-refractivity contribution in [2.24, 2.45) is 0 Å². The fourth-order valence-corrected chi connectivity index (χ4v) is 0.927. The molecule has 1 heterocycles. The smallest absolute Gasteiger partial charge is 0.154 e. The molecule has 0 bridgehead atoms. The molecular weight excluding hydrogens is 102 g/mol. The molecule has 44 valence electrons. The predicted molar refractivity (Wildman–Crippen MR) is 30.3 cm³/mol. The molecule has 1 fully saturated rings. The highest BCUT2D eigenvalue weighted by molar-refractivity contribution is 5.87. The van der Waals surface area contributed by atoms with E-state index < -0.39 is 0 Å². The molecule has 2 nitrogen and oxygen atoms in total. The van der Waals surface area contributed by atoms with Gasteiger partial charge < -0.3 is 5.32 Å². The summed E-state index contributed by atoms with van der Waals surface area (Å²) in [5.74, 6) is -0.220. The van der Waals surface area contributed by atoms with Crippen molar-refractivity contribution in [3.05, 3.63) is 6.92 Å². The van der Waals surface area contributed by atoms with Gasteiger partial charge in [-0.25, -0.2) is 0 Å². The highest BCUT2D eigenvalue weighted by Crippen LogP contribution is 2.04. The van der Waals surface area contributed by atoms with Gasteiger partial charge in [0.15, 0.2) is 5.78 Å². The van der Waals surface area contributed by atoms with Crippen molar-refractivity contribution in [3.63, 3.8) is 0 Å². The molecule has 0 aromatic carbocycles. The molecule has 0 spiro atoms. The number of Topliss-reactive ketones (excluding diaryl/α,β-unsaturated/α-hetero) is 1. The SMILES string of the molecule is [CH]C(=O)[C@H]1CCCN1. The van der Waals surface area contributed by atoms with Crippen molar-refractivity contribution in [2.75, 3.05) is 6.54 Å². The lowest BCUT2D eigenvalue weighted by Crippen LogP contribution is -2.28. The molecule has 1 aliphatic heterocycles. The minimum Gasteiger partial charge on any atom is -0.307 e. The molecule has 1 saturated heterocycles. The zero-order valence-corrected chi connectivity index (χ0v) is 4.68. The van der Waals surface area contributed by atoms with Gasteiger partial charge in [0.1, 0.15) is 0 Å². The summed E-state index contributed by atoms with van der Waals surface area (Å²) in [7, 11) is 0. The van der Waals surface area contributed by atoms with Crippen LogP contribution in [0.2, 0.25) is 0 Å². The maximum absolute atomic E-state index is 10.4. The van der Waals surface area contributed by atoms with Gasteiger partial charge in [0.2, 0.25) is 0 Å². The maximum Gasteiger partial charge on any atom is 0.154 e. The third kappa shape index (κ3) is 1.07. The molecule has 0 aliphatic carbocycles. The Morgan fingerprint density at radius 1 is 1.75 bits per heavy atom. The van der Waals surface area contributed by atoms with Crippen LogP contribution < -0.4 is 5.32 Å². The molecule has 0 amide bonds. The van der Waals surface area contributed by atoms with E-state index >= 15 is 0 Å². The molecule has 2 radical (unpaired) electrons. The summed E-state index contributed by atoms with van der Waals surface area (Å²) in [5, 5.41) is 2.98. The third-order valence-electron chi connectivity index (χ3n) is 1.40. The van der Waals surface area contributed by atoms with Gasteiger partial charge >= 0.3 is 0 Å². The van der Waals surface area contributed by atoms with Crippen LogP contribution in [-0.4, -0.2) is 18.4 Å². The first kappa shape index (κ1) is 5.76. The lowest BCUT2D eigenvalue weighted by molar-refractivity contribution is -0.116. The minimum atomic E-state index is -0.220. The summed E-state index contributed by atoms with van der Waals surface area (Å²) < 4.78 is 0. The summed E-state index contributed by atoms with van der Waals surface area (Å²) in [5.41, 5.74) is 0. The molecule has 1 N–H and O–H groups in total. The fourth-order valence-electron chi connectivity index (χ4n) is 0.927. The first-order valence-electron chi connectivity index (χ1n) is 2.83. The predicted octanol–water partition coefficient (Wildman–Crippen LogP) is 0.0186. The number of carbonyl (C=O) groups is 1. The van der Waals surface area contributed by atoms with Crippen LogP contribution in [0.15, 0.2) is 0 Å². The lowest BCUT2D eigenvalue weighted by atomic mass is 10.2. The van der Waals surface area contributed by atoms with Crippen LogP contribution in [0, 0.1) is 6.92 Å². The maximum atomic E-state index is 10.4. The molecule has 0 aromatic rings.